The third-order valence-electron chi connectivity index (χ3n) is 8.37. The number of carboxylic acids is 2. The molecule has 0 aromatic carbocycles. The van der Waals surface area contributed by atoms with E-state index in [1.807, 2.05) is 0 Å². The normalized spacial score (nSPS) is 18.1. The first-order valence-electron chi connectivity index (χ1n) is 19.0. The fourth-order valence-corrected chi connectivity index (χ4v) is 5.04. The lowest BCUT2D eigenvalue weighted by atomic mass is 9.77. The van der Waals surface area contributed by atoms with Crippen LogP contribution in [0.25, 0.3) is 0 Å². The number of nitrogens with zero attached hydrogens (tertiary/aromatic N) is 1. The van der Waals surface area contributed by atoms with E-state index in [9.17, 15) is 14.4 Å². The van der Waals surface area contributed by atoms with Crippen LogP contribution in [0, 0.1) is 11.3 Å². The molecule has 0 radical (unpaired) electrons. The van der Waals surface area contributed by atoms with Crippen LogP contribution >= 0.6 is 0 Å². The first-order chi connectivity index (χ1) is 25.7. The van der Waals surface area contributed by atoms with Crippen molar-refractivity contribution in [3.63, 3.8) is 0 Å². The van der Waals surface area contributed by atoms with Crippen molar-refractivity contribution in [2.75, 3.05) is 145 Å². The first-order valence-corrected chi connectivity index (χ1v) is 19.0. The molecule has 0 aromatic heterocycles. The van der Waals surface area contributed by atoms with Crippen LogP contribution in [-0.2, 0) is 57.0 Å². The molecule has 1 aliphatic carbocycles. The number of hydrogen-bond donors (Lipinski definition) is 3. The molecule has 0 aromatic rings. The number of allylic oxidation sites excluding steroid dienone is 2. The fraction of sp³-hybridized carbons (Fsp3) is 0.865. The van der Waals surface area contributed by atoms with Gasteiger partial charge in [-0.25, -0.2) is 0 Å². The minimum atomic E-state index is -0.890. The van der Waals surface area contributed by atoms with E-state index in [4.69, 9.17) is 52.8 Å². The van der Waals surface area contributed by atoms with Crippen LogP contribution in [-0.4, -0.2) is 178 Å². The van der Waals surface area contributed by atoms with Crippen LogP contribution in [0.4, 0.5) is 0 Å². The number of amides is 1. The van der Waals surface area contributed by atoms with Gasteiger partial charge in [0.1, 0.15) is 0 Å². The van der Waals surface area contributed by atoms with Gasteiger partial charge in [-0.1, -0.05) is 26.0 Å². The van der Waals surface area contributed by atoms with Crippen LogP contribution in [0.3, 0.4) is 0 Å². The van der Waals surface area contributed by atoms with Gasteiger partial charge in [-0.3, -0.25) is 19.3 Å². The Morgan fingerprint density at radius 2 is 0.981 bits per heavy atom. The zero-order valence-electron chi connectivity index (χ0n) is 32.3. The number of rotatable bonds is 37. The Hall–Kier alpha value is -2.25. The first kappa shape index (κ1) is 48.8. The van der Waals surface area contributed by atoms with Crippen LogP contribution in [0.15, 0.2) is 12.2 Å². The average molecular weight is 765 g/mol. The van der Waals surface area contributed by atoms with Gasteiger partial charge in [0.05, 0.1) is 132 Å². The second kappa shape index (κ2) is 34.3. The van der Waals surface area contributed by atoms with Crippen molar-refractivity contribution >= 4 is 17.8 Å². The van der Waals surface area contributed by atoms with Gasteiger partial charge >= 0.3 is 11.9 Å². The zero-order valence-corrected chi connectivity index (χ0v) is 32.3. The van der Waals surface area contributed by atoms with Crippen molar-refractivity contribution in [2.45, 2.75) is 52.4 Å². The number of nitrogens with one attached hydrogen (secondary N) is 1. The lowest BCUT2D eigenvalue weighted by Gasteiger charge is -2.30. The van der Waals surface area contributed by atoms with E-state index in [1.165, 1.54) is 0 Å². The van der Waals surface area contributed by atoms with Crippen molar-refractivity contribution < 1.29 is 67.2 Å². The standard InChI is InChI=1S/C37H68N2O14/c1-33-5-3-4-9-37(2,10-6-33)36(44)38-11-17-47-23-29-53-32-26-50-20-14-39(12-18-48-24-30-51-27-21-45-15-7-34(40)41)13-19-49-25-31-52-28-22-46-16-8-35(42)43/h3,5,33H,4,6-32H2,1-2H3,(H,38,44)(H,40,41)(H,42,43)/b5-3+. The quantitative estimate of drug-likeness (QED) is 0.0617. The summed E-state index contributed by atoms with van der Waals surface area (Å²) in [6, 6.07) is 0. The number of carboxylic acid groups (broad SMARTS) is 2. The molecular formula is C37H68N2O14. The van der Waals surface area contributed by atoms with Crippen LogP contribution in [0.5, 0.6) is 0 Å². The van der Waals surface area contributed by atoms with Gasteiger partial charge in [-0.2, -0.15) is 0 Å². The third kappa shape index (κ3) is 30.7. The Kier molecular flexibility index (Phi) is 31.5. The molecular weight excluding hydrogens is 696 g/mol. The number of ether oxygens (including phenoxy) is 9. The Labute approximate surface area is 316 Å². The van der Waals surface area contributed by atoms with Crippen molar-refractivity contribution in [2.24, 2.45) is 11.3 Å². The van der Waals surface area contributed by atoms with Gasteiger partial charge in [0.15, 0.2) is 0 Å². The Morgan fingerprint density at radius 3 is 1.40 bits per heavy atom. The summed E-state index contributed by atoms with van der Waals surface area (Å²) < 4.78 is 49.7. The second-order valence-corrected chi connectivity index (χ2v) is 12.9. The maximum atomic E-state index is 12.8. The van der Waals surface area contributed by atoms with Gasteiger partial charge in [-0.05, 0) is 31.6 Å². The molecule has 310 valence electrons. The van der Waals surface area contributed by atoms with Crippen LogP contribution < -0.4 is 5.32 Å². The molecule has 2 atom stereocenters. The lowest BCUT2D eigenvalue weighted by molar-refractivity contribution is -0.139. The summed E-state index contributed by atoms with van der Waals surface area (Å²) in [4.78, 5) is 36.0. The van der Waals surface area contributed by atoms with E-state index in [2.05, 4.69) is 36.2 Å². The molecule has 0 saturated carbocycles. The van der Waals surface area contributed by atoms with Gasteiger partial charge in [0, 0.05) is 31.6 Å². The minimum absolute atomic E-state index is 0.0262. The molecule has 0 spiro atoms. The molecule has 0 heterocycles. The third-order valence-corrected chi connectivity index (χ3v) is 8.37. The smallest absolute Gasteiger partial charge is 0.305 e. The number of carbonyl (C=O) groups is 3. The maximum absolute atomic E-state index is 12.8. The highest BCUT2D eigenvalue weighted by atomic mass is 16.6. The number of carbonyl (C=O) groups excluding carboxylic acids is 1. The van der Waals surface area contributed by atoms with E-state index in [0.717, 1.165) is 25.7 Å². The van der Waals surface area contributed by atoms with Gasteiger partial charge < -0.3 is 58.2 Å². The second-order valence-electron chi connectivity index (χ2n) is 12.9. The summed E-state index contributed by atoms with van der Waals surface area (Å²) in [5.41, 5.74) is -0.333. The molecule has 16 heteroatoms. The Bertz CT molecular complexity index is 907. The van der Waals surface area contributed by atoms with Crippen molar-refractivity contribution in [1.82, 2.24) is 10.2 Å². The van der Waals surface area contributed by atoms with Crippen LogP contribution in [0.1, 0.15) is 52.4 Å². The molecule has 0 saturated heterocycles. The molecule has 53 heavy (non-hydrogen) atoms. The summed E-state index contributed by atoms with van der Waals surface area (Å²) in [5, 5.41) is 20.3. The summed E-state index contributed by atoms with van der Waals surface area (Å²) in [6.45, 7) is 14.0. The summed E-state index contributed by atoms with van der Waals surface area (Å²) in [7, 11) is 0. The molecule has 3 N–H and O–H groups in total. The van der Waals surface area contributed by atoms with E-state index < -0.39 is 11.9 Å². The van der Waals surface area contributed by atoms with E-state index in [0.29, 0.717) is 138 Å². The highest BCUT2D eigenvalue weighted by Gasteiger charge is 2.32. The molecule has 1 rings (SSSR count). The molecule has 16 nitrogen and oxygen atoms in total. The fourth-order valence-electron chi connectivity index (χ4n) is 5.04. The van der Waals surface area contributed by atoms with E-state index in [-0.39, 0.29) is 37.4 Å². The zero-order chi connectivity index (χ0) is 38.7. The molecule has 0 fully saturated rings. The van der Waals surface area contributed by atoms with Crippen molar-refractivity contribution in [1.29, 1.82) is 0 Å². The predicted molar refractivity (Wildman–Crippen MR) is 196 cm³/mol. The molecule has 2 unspecified atom stereocenters. The number of hydrogen-bond acceptors (Lipinski definition) is 13. The predicted octanol–water partition coefficient (Wildman–Crippen LogP) is 2.28. The molecule has 0 aliphatic heterocycles. The Morgan fingerprint density at radius 1 is 0.604 bits per heavy atom. The SMILES string of the molecule is CC1/C=C/CCC(C)(C(=O)NCCOCCOCCOCCN(CCOCCOCCOCCC(=O)O)CCOCCOCCOCCC(=O)O)CC1. The van der Waals surface area contributed by atoms with Gasteiger partial charge in [0.25, 0.3) is 0 Å². The van der Waals surface area contributed by atoms with Crippen molar-refractivity contribution in [3.05, 3.63) is 12.2 Å². The highest BCUT2D eigenvalue weighted by molar-refractivity contribution is 5.82. The topological polar surface area (TPSA) is 190 Å². The molecule has 1 amide bonds. The summed E-state index contributed by atoms with van der Waals surface area (Å²) >= 11 is 0. The van der Waals surface area contributed by atoms with E-state index >= 15 is 0 Å². The molecule has 0 bridgehead atoms. The maximum Gasteiger partial charge on any atom is 0.305 e. The van der Waals surface area contributed by atoms with Gasteiger partial charge in [0.2, 0.25) is 5.91 Å². The summed E-state index contributed by atoms with van der Waals surface area (Å²) in [5.74, 6) is -1.16. The molecule has 1 aliphatic rings. The number of aliphatic carboxylic acids is 2. The Balaban J connectivity index is 2.14. The summed E-state index contributed by atoms with van der Waals surface area (Å²) in [6.07, 6.45) is 8.10. The van der Waals surface area contributed by atoms with Crippen LogP contribution in [0.2, 0.25) is 0 Å². The highest BCUT2D eigenvalue weighted by Crippen LogP contribution is 2.33. The van der Waals surface area contributed by atoms with Gasteiger partial charge in [-0.15, -0.1) is 0 Å². The van der Waals surface area contributed by atoms with E-state index in [1.54, 1.807) is 0 Å². The minimum Gasteiger partial charge on any atom is -0.481 e. The largest absolute Gasteiger partial charge is 0.481 e. The lowest BCUT2D eigenvalue weighted by Crippen LogP contribution is -2.41. The van der Waals surface area contributed by atoms with Crippen molar-refractivity contribution in [3.8, 4) is 0 Å². The average Bonchev–Trinajstić information content (AvgIpc) is 3.12. The monoisotopic (exact) mass is 764 g/mol.